The van der Waals surface area contributed by atoms with E-state index in [4.69, 9.17) is 13.3 Å². The van der Waals surface area contributed by atoms with E-state index in [-0.39, 0.29) is 57.6 Å². The van der Waals surface area contributed by atoms with Gasteiger partial charge in [0.05, 0.1) is 11.0 Å². The van der Waals surface area contributed by atoms with Gasteiger partial charge in [-0.15, -0.1) is 0 Å². The molecule has 0 amide bonds. The van der Waals surface area contributed by atoms with Crippen LogP contribution in [0.3, 0.4) is 0 Å². The molecule has 0 radical (unpaired) electrons. The van der Waals surface area contributed by atoms with E-state index in [0.29, 0.717) is 0 Å². The molecule has 2 aliphatic rings. The summed E-state index contributed by atoms with van der Waals surface area (Å²) in [6, 6.07) is 0.147. The van der Waals surface area contributed by atoms with Gasteiger partial charge in [-0.05, 0) is 42.7 Å². The van der Waals surface area contributed by atoms with Gasteiger partial charge in [0.1, 0.15) is 0 Å². The molecule has 1 saturated heterocycles. The molecule has 1 aliphatic carbocycles. The van der Waals surface area contributed by atoms with Crippen molar-refractivity contribution in [2.24, 2.45) is 0 Å². The van der Waals surface area contributed by atoms with Gasteiger partial charge in [0.2, 0.25) is 33.0 Å². The molecule has 1 aliphatic heterocycles. The van der Waals surface area contributed by atoms with Crippen molar-refractivity contribution in [3.8, 4) is 0 Å². The molecule has 0 aromatic carbocycles. The molecule has 14 nitrogen and oxygen atoms in total. The van der Waals surface area contributed by atoms with Crippen LogP contribution in [0.2, 0.25) is 6.04 Å². The Hall–Kier alpha value is -0.856. The largest absolute Gasteiger partial charge is 1.00 e. The maximum absolute atomic E-state index is 13.0. The van der Waals surface area contributed by atoms with Crippen LogP contribution in [-0.2, 0) is 75.7 Å². The average molecular weight is 744 g/mol. The maximum Gasteiger partial charge on any atom is 1.00 e. The summed E-state index contributed by atoms with van der Waals surface area (Å²) < 4.78 is 166. The van der Waals surface area contributed by atoms with Crippen LogP contribution in [0.4, 0.5) is 26.6 Å². The van der Waals surface area contributed by atoms with E-state index < -0.39 is 96.3 Å². The second kappa shape index (κ2) is 16.8. The van der Waals surface area contributed by atoms with Crippen LogP contribution in [0.1, 0.15) is 33.6 Å². The molecule has 2 fully saturated rings. The number of carbonyl (C=O) groups excluding carboxylic acids is 3. The number of sulfone groups is 2. The zero-order chi connectivity index (χ0) is 33.6. The second-order valence-corrected chi connectivity index (χ2v) is 19.7. The molecule has 0 bridgehead atoms. The van der Waals surface area contributed by atoms with Gasteiger partial charge < -0.3 is 13.3 Å². The third-order valence-electron chi connectivity index (χ3n) is 5.43. The summed E-state index contributed by atoms with van der Waals surface area (Å²) in [5, 5.41) is -1.67. The Morgan fingerprint density at radius 2 is 1.20 bits per heavy atom. The van der Waals surface area contributed by atoms with Gasteiger partial charge in [-0.25, -0.2) is 25.3 Å². The predicted molar refractivity (Wildman–Crippen MR) is 139 cm³/mol. The number of halogens is 6. The van der Waals surface area contributed by atoms with Crippen LogP contribution < -0.4 is 18.9 Å². The number of Topliss-reactive ketones (excluding diaryl/α,β-unsaturated/α-hetero) is 3. The fourth-order valence-corrected chi connectivity index (χ4v) is 16.4. The average Bonchev–Trinajstić information content (AvgIpc) is 3.11. The van der Waals surface area contributed by atoms with Crippen LogP contribution in [-0.4, -0.2) is 102 Å². The second-order valence-electron chi connectivity index (χ2n) is 8.13. The summed E-state index contributed by atoms with van der Waals surface area (Å²) >= 11 is 0. The van der Waals surface area contributed by atoms with Crippen molar-refractivity contribution >= 4 is 73.8 Å². The SMILES string of the molecule is CCO[Si](CCCC1CS(=O)(=O)C(=S(=O)(OF)C(F)F)S1(=O)=O)(OCC)OCC.O=C1C(=O)C(=S(=O)(OF)C(F)F)C1=O.[Li+]. The Kier molecular flexibility index (Phi) is 16.5. The van der Waals surface area contributed by atoms with Crippen LogP contribution in [0, 0.1) is 0 Å². The van der Waals surface area contributed by atoms with Crippen molar-refractivity contribution in [3.63, 3.8) is 0 Å². The van der Waals surface area contributed by atoms with E-state index in [1.807, 2.05) is 0 Å². The Morgan fingerprint density at radius 3 is 1.55 bits per heavy atom. The fourth-order valence-electron chi connectivity index (χ4n) is 3.72. The molecule has 0 aromatic heterocycles. The summed E-state index contributed by atoms with van der Waals surface area (Å²) in [6.07, 6.45) is -0.233. The maximum atomic E-state index is 13.0. The zero-order valence-electron chi connectivity index (χ0n) is 23.3. The van der Waals surface area contributed by atoms with Gasteiger partial charge in [0, 0.05) is 25.9 Å². The summed E-state index contributed by atoms with van der Waals surface area (Å²) in [5.41, 5.74) is 0. The van der Waals surface area contributed by atoms with Crippen LogP contribution in [0.25, 0.3) is 0 Å². The van der Waals surface area contributed by atoms with Gasteiger partial charge in [-0.3, -0.25) is 14.4 Å². The summed E-state index contributed by atoms with van der Waals surface area (Å²) in [6.45, 7) is 5.95. The zero-order valence-corrected chi connectivity index (χ0v) is 27.6. The minimum Gasteiger partial charge on any atom is -0.374 e. The Balaban J connectivity index is 0.00000103. The summed E-state index contributed by atoms with van der Waals surface area (Å²) in [7, 11) is -23.9. The van der Waals surface area contributed by atoms with Crippen molar-refractivity contribution in [1.82, 2.24) is 0 Å². The molecule has 2 rings (SSSR count). The fraction of sp³-hybridized carbons (Fsp3) is 0.722. The molecule has 3 atom stereocenters. The minimum atomic E-state index is -5.67. The van der Waals surface area contributed by atoms with E-state index in [9.17, 15) is 66.3 Å². The Bertz CT molecular complexity index is 1520. The summed E-state index contributed by atoms with van der Waals surface area (Å²) in [4.78, 5) is 29.7. The molecule has 0 N–H and O–H groups in total. The van der Waals surface area contributed by atoms with Gasteiger partial charge in [-0.2, -0.15) is 17.6 Å². The number of carbonyl (C=O) groups is 3. The van der Waals surface area contributed by atoms with E-state index in [0.717, 1.165) is 0 Å². The quantitative estimate of drug-likeness (QED) is 0.0793. The molecule has 252 valence electrons. The molecule has 0 spiro atoms. The van der Waals surface area contributed by atoms with E-state index in [1.165, 1.54) is 0 Å². The Morgan fingerprint density at radius 1 is 0.795 bits per heavy atom. The Labute approximate surface area is 262 Å². The predicted octanol–water partition coefficient (Wildman–Crippen LogP) is -2.36. The van der Waals surface area contributed by atoms with E-state index in [1.54, 1.807) is 20.8 Å². The van der Waals surface area contributed by atoms with Crippen molar-refractivity contribution in [3.05, 3.63) is 0 Å². The number of rotatable bonds is 14. The van der Waals surface area contributed by atoms with E-state index >= 15 is 0 Å². The van der Waals surface area contributed by atoms with Gasteiger partial charge in [0.25, 0.3) is 17.3 Å². The van der Waals surface area contributed by atoms with Crippen molar-refractivity contribution < 1.29 is 107 Å². The van der Waals surface area contributed by atoms with Crippen molar-refractivity contribution in [1.29, 1.82) is 0 Å². The topological polar surface area (TPSA) is 200 Å². The molecule has 26 heteroatoms. The number of hydrogen-bond acceptors (Lipinski definition) is 14. The number of hydrogen-bond donors (Lipinski definition) is 0. The smallest absolute Gasteiger partial charge is 0.374 e. The van der Waals surface area contributed by atoms with Crippen LogP contribution in [0.15, 0.2) is 0 Å². The number of alkyl halides is 4. The molecule has 1 heterocycles. The van der Waals surface area contributed by atoms with Crippen LogP contribution >= 0.6 is 0 Å². The first-order valence-electron chi connectivity index (χ1n) is 11.7. The first-order chi connectivity index (χ1) is 19.7. The molecule has 3 unspecified atom stereocenters. The molecule has 0 aromatic rings. The first kappa shape index (κ1) is 43.1. The van der Waals surface area contributed by atoms with Gasteiger partial charge >= 0.3 is 39.2 Å². The van der Waals surface area contributed by atoms with Crippen molar-refractivity contribution in [2.45, 2.75) is 56.4 Å². The van der Waals surface area contributed by atoms with E-state index in [2.05, 4.69) is 8.78 Å². The normalized spacial score (nSPS) is 22.2. The van der Waals surface area contributed by atoms with Gasteiger partial charge in [-0.1, -0.05) is 8.78 Å². The van der Waals surface area contributed by atoms with Crippen LogP contribution in [0.5, 0.6) is 0 Å². The molecular weight excluding hydrogens is 717 g/mol. The van der Waals surface area contributed by atoms with Crippen molar-refractivity contribution in [2.75, 3.05) is 25.6 Å². The molecule has 44 heavy (non-hydrogen) atoms. The number of ketones is 3. The third-order valence-corrected chi connectivity index (χ3v) is 18.9. The third kappa shape index (κ3) is 8.73. The standard InChI is InChI=1S/C13H25F3O9S3Si.C5HF3O5S.Li/c1-4-22-29(23-5-2,24-6-3)9-7-8-11-10-26(17,18)13(27(11,19)20)28(21,25-16)12(14)15;6-5(7)14(12,13-8)4-2(10)1(9)3(4)11;/h11-12H,4-10H2,1-3H3;5H;/q;;+1. The monoisotopic (exact) mass is 743 g/mol. The molecular formula is C18H26F6LiO14S4Si+. The van der Waals surface area contributed by atoms with Gasteiger partial charge in [0.15, 0.2) is 14.7 Å². The first-order valence-corrected chi connectivity index (χ1v) is 19.9. The minimum absolute atomic E-state index is 0. The molecule has 1 saturated carbocycles. The summed E-state index contributed by atoms with van der Waals surface area (Å²) in [5.74, 6) is -14.1.